The predicted molar refractivity (Wildman–Crippen MR) is 73.9 cm³/mol. The third-order valence-corrected chi connectivity index (χ3v) is 3.53. The summed E-state index contributed by atoms with van der Waals surface area (Å²) < 4.78 is 1.12. The van der Waals surface area contributed by atoms with Gasteiger partial charge in [0, 0.05) is 22.3 Å². The molecule has 1 aromatic heterocycles. The maximum absolute atomic E-state index is 5.87. The van der Waals surface area contributed by atoms with Crippen molar-refractivity contribution in [1.82, 2.24) is 4.98 Å². The highest BCUT2D eigenvalue weighted by Crippen LogP contribution is 2.26. The lowest BCUT2D eigenvalue weighted by Gasteiger charge is -2.16. The first kappa shape index (κ1) is 12.3. The Balaban J connectivity index is 2.21. The summed E-state index contributed by atoms with van der Waals surface area (Å²) in [6.07, 6.45) is 2.70. The van der Waals surface area contributed by atoms with Gasteiger partial charge in [-0.15, -0.1) is 0 Å². The summed E-state index contributed by atoms with van der Waals surface area (Å²) in [5, 5.41) is 0. The summed E-state index contributed by atoms with van der Waals surface area (Å²) in [5.74, 6) is 0.306. The topological polar surface area (TPSA) is 38.9 Å². The summed E-state index contributed by atoms with van der Waals surface area (Å²) >= 11 is 3.58. The molecule has 0 saturated carbocycles. The van der Waals surface area contributed by atoms with Crippen molar-refractivity contribution in [1.29, 1.82) is 0 Å². The van der Waals surface area contributed by atoms with Crippen molar-refractivity contribution in [3.63, 3.8) is 0 Å². The maximum atomic E-state index is 5.87. The highest BCUT2D eigenvalue weighted by molar-refractivity contribution is 9.10. The quantitative estimate of drug-likeness (QED) is 0.940. The van der Waals surface area contributed by atoms with E-state index >= 15 is 0 Å². The lowest BCUT2D eigenvalue weighted by Crippen LogP contribution is -2.16. The zero-order chi connectivity index (χ0) is 12.1. The summed E-state index contributed by atoms with van der Waals surface area (Å²) in [7, 11) is 0. The van der Waals surface area contributed by atoms with Crippen LogP contribution in [0, 0.1) is 0 Å². The van der Waals surface area contributed by atoms with Gasteiger partial charge in [0.2, 0.25) is 0 Å². The van der Waals surface area contributed by atoms with E-state index in [0.717, 1.165) is 16.6 Å². The Kier molecular flexibility index (Phi) is 4.29. The standard InChI is InChI=1S/C14H15BrN2/c15-14-7-2-1-6-13(14)11(10-16)9-12-5-3-4-8-17-12/h1-8,11H,9-10,16H2. The molecule has 0 amide bonds. The van der Waals surface area contributed by atoms with Crippen LogP contribution in [0.25, 0.3) is 0 Å². The molecule has 0 bridgehead atoms. The van der Waals surface area contributed by atoms with E-state index in [1.54, 1.807) is 0 Å². The number of halogens is 1. The number of pyridine rings is 1. The monoisotopic (exact) mass is 290 g/mol. The lowest BCUT2D eigenvalue weighted by atomic mass is 9.94. The molecule has 17 heavy (non-hydrogen) atoms. The smallest absolute Gasteiger partial charge is 0.0410 e. The summed E-state index contributed by atoms with van der Waals surface area (Å²) in [6, 6.07) is 14.2. The minimum absolute atomic E-state index is 0.306. The maximum Gasteiger partial charge on any atom is 0.0410 e. The minimum atomic E-state index is 0.306. The first-order valence-electron chi connectivity index (χ1n) is 5.65. The van der Waals surface area contributed by atoms with Gasteiger partial charge < -0.3 is 5.73 Å². The molecule has 1 heterocycles. The zero-order valence-corrected chi connectivity index (χ0v) is 11.1. The van der Waals surface area contributed by atoms with Gasteiger partial charge in [-0.05, 0) is 36.7 Å². The second-order valence-corrected chi connectivity index (χ2v) is 4.83. The normalized spacial score (nSPS) is 12.4. The molecule has 0 radical (unpaired) electrons. The Labute approximate surface area is 110 Å². The van der Waals surface area contributed by atoms with Gasteiger partial charge in [0.15, 0.2) is 0 Å². The highest BCUT2D eigenvalue weighted by Gasteiger charge is 2.13. The van der Waals surface area contributed by atoms with Gasteiger partial charge in [0.25, 0.3) is 0 Å². The Hall–Kier alpha value is -1.19. The lowest BCUT2D eigenvalue weighted by molar-refractivity contribution is 0.679. The van der Waals surface area contributed by atoms with Gasteiger partial charge in [-0.3, -0.25) is 4.98 Å². The van der Waals surface area contributed by atoms with E-state index < -0.39 is 0 Å². The fourth-order valence-corrected chi connectivity index (χ4v) is 2.51. The van der Waals surface area contributed by atoms with Crippen LogP contribution < -0.4 is 5.73 Å². The third kappa shape index (κ3) is 3.14. The highest BCUT2D eigenvalue weighted by atomic mass is 79.9. The van der Waals surface area contributed by atoms with E-state index in [1.165, 1.54) is 5.56 Å². The van der Waals surface area contributed by atoms with Crippen LogP contribution in [0.4, 0.5) is 0 Å². The van der Waals surface area contributed by atoms with Crippen LogP contribution in [0.2, 0.25) is 0 Å². The van der Waals surface area contributed by atoms with Crippen molar-refractivity contribution >= 4 is 15.9 Å². The molecule has 0 saturated heterocycles. The molecule has 1 aromatic carbocycles. The van der Waals surface area contributed by atoms with Crippen molar-refractivity contribution in [3.8, 4) is 0 Å². The van der Waals surface area contributed by atoms with Crippen LogP contribution in [0.3, 0.4) is 0 Å². The molecule has 2 N–H and O–H groups in total. The Morgan fingerprint density at radius 3 is 2.53 bits per heavy atom. The van der Waals surface area contributed by atoms with Crippen molar-refractivity contribution in [2.45, 2.75) is 12.3 Å². The van der Waals surface area contributed by atoms with Crippen molar-refractivity contribution in [3.05, 3.63) is 64.4 Å². The number of benzene rings is 1. The Morgan fingerprint density at radius 1 is 1.12 bits per heavy atom. The molecule has 0 spiro atoms. The second kappa shape index (κ2) is 5.94. The van der Waals surface area contributed by atoms with Crippen LogP contribution in [-0.4, -0.2) is 11.5 Å². The number of hydrogen-bond acceptors (Lipinski definition) is 2. The fraction of sp³-hybridized carbons (Fsp3) is 0.214. The molecule has 1 unspecified atom stereocenters. The van der Waals surface area contributed by atoms with Gasteiger partial charge in [0.1, 0.15) is 0 Å². The molecule has 0 aliphatic rings. The molecule has 2 nitrogen and oxygen atoms in total. The fourth-order valence-electron chi connectivity index (χ4n) is 1.90. The average molecular weight is 291 g/mol. The zero-order valence-electron chi connectivity index (χ0n) is 9.51. The average Bonchev–Trinajstić information content (AvgIpc) is 2.38. The minimum Gasteiger partial charge on any atom is -0.330 e. The van der Waals surface area contributed by atoms with E-state index in [0.29, 0.717) is 12.5 Å². The van der Waals surface area contributed by atoms with Crippen LogP contribution >= 0.6 is 15.9 Å². The van der Waals surface area contributed by atoms with Gasteiger partial charge in [0.05, 0.1) is 0 Å². The van der Waals surface area contributed by atoms with Gasteiger partial charge in [-0.1, -0.05) is 40.2 Å². The second-order valence-electron chi connectivity index (χ2n) is 3.98. The van der Waals surface area contributed by atoms with Crippen molar-refractivity contribution in [2.75, 3.05) is 6.54 Å². The van der Waals surface area contributed by atoms with Gasteiger partial charge in [-0.25, -0.2) is 0 Å². The number of rotatable bonds is 4. The first-order valence-corrected chi connectivity index (χ1v) is 6.45. The SMILES string of the molecule is NCC(Cc1ccccn1)c1ccccc1Br. The molecular weight excluding hydrogens is 276 g/mol. The number of nitrogens with zero attached hydrogens (tertiary/aromatic N) is 1. The molecule has 88 valence electrons. The van der Waals surface area contributed by atoms with Crippen molar-refractivity contribution in [2.24, 2.45) is 5.73 Å². The first-order chi connectivity index (χ1) is 8.31. The van der Waals surface area contributed by atoms with Gasteiger partial charge in [-0.2, -0.15) is 0 Å². The largest absolute Gasteiger partial charge is 0.330 e. The number of hydrogen-bond donors (Lipinski definition) is 1. The Morgan fingerprint density at radius 2 is 1.88 bits per heavy atom. The van der Waals surface area contributed by atoms with Crippen LogP contribution in [0.15, 0.2) is 53.1 Å². The van der Waals surface area contributed by atoms with Crippen LogP contribution in [0.1, 0.15) is 17.2 Å². The molecule has 0 fully saturated rings. The summed E-state index contributed by atoms with van der Waals surface area (Å²) in [4.78, 5) is 4.35. The van der Waals surface area contributed by atoms with E-state index in [-0.39, 0.29) is 0 Å². The van der Waals surface area contributed by atoms with Crippen molar-refractivity contribution < 1.29 is 0 Å². The predicted octanol–water partition coefficient (Wildman–Crippen LogP) is 3.13. The number of nitrogens with two attached hydrogens (primary N) is 1. The molecule has 0 aliphatic carbocycles. The molecule has 1 atom stereocenters. The molecule has 2 aromatic rings. The van der Waals surface area contributed by atoms with E-state index in [4.69, 9.17) is 5.73 Å². The molecule has 3 heteroatoms. The van der Waals surface area contributed by atoms with Crippen LogP contribution in [0.5, 0.6) is 0 Å². The molecule has 0 aliphatic heterocycles. The van der Waals surface area contributed by atoms with Gasteiger partial charge >= 0.3 is 0 Å². The molecular formula is C14H15BrN2. The summed E-state index contributed by atoms with van der Waals surface area (Å²) in [6.45, 7) is 0.624. The molecule has 2 rings (SSSR count). The Bertz CT molecular complexity index is 471. The van der Waals surface area contributed by atoms with Crippen LogP contribution in [-0.2, 0) is 6.42 Å². The summed E-state index contributed by atoms with van der Waals surface area (Å²) in [5.41, 5.74) is 8.21. The van der Waals surface area contributed by atoms with E-state index in [1.807, 2.05) is 36.5 Å². The van der Waals surface area contributed by atoms with E-state index in [9.17, 15) is 0 Å². The third-order valence-electron chi connectivity index (χ3n) is 2.81. The number of aromatic nitrogens is 1. The van der Waals surface area contributed by atoms with E-state index in [2.05, 4.69) is 33.0 Å².